The zero-order valence-corrected chi connectivity index (χ0v) is 13.0. The molecule has 0 aromatic heterocycles. The fourth-order valence-corrected chi connectivity index (χ4v) is 2.48. The molecule has 24 heavy (non-hydrogen) atoms. The average Bonchev–Trinajstić information content (AvgIpc) is 3.37. The van der Waals surface area contributed by atoms with E-state index in [1.54, 1.807) is 12.1 Å². The molecule has 1 saturated carbocycles. The Labute approximate surface area is 138 Å². The lowest BCUT2D eigenvalue weighted by molar-refractivity contribution is -0.137. The molecule has 0 unspecified atom stereocenters. The molecule has 0 bridgehead atoms. The molecule has 1 aliphatic carbocycles. The van der Waals surface area contributed by atoms with Gasteiger partial charge < -0.3 is 9.53 Å². The lowest BCUT2D eigenvalue weighted by Crippen LogP contribution is -2.04. The highest BCUT2D eigenvalue weighted by Crippen LogP contribution is 2.36. The Bertz CT molecular complexity index is 716. The number of carbonyl (C=O) groups is 1. The molecule has 2 aromatic carbocycles. The number of rotatable bonds is 6. The van der Waals surface area contributed by atoms with Gasteiger partial charge in [-0.25, -0.2) is 0 Å². The molecule has 0 radical (unpaired) electrons. The second-order valence-corrected chi connectivity index (χ2v) is 6.03. The van der Waals surface area contributed by atoms with Crippen LogP contribution in [0.3, 0.4) is 0 Å². The summed E-state index contributed by atoms with van der Waals surface area (Å²) in [5, 5.41) is 0. The Morgan fingerprint density at radius 2 is 1.79 bits per heavy atom. The molecule has 0 heterocycles. The first-order valence-electron chi connectivity index (χ1n) is 7.84. The topological polar surface area (TPSA) is 26.3 Å². The van der Waals surface area contributed by atoms with E-state index in [1.807, 2.05) is 6.07 Å². The fourth-order valence-electron chi connectivity index (χ4n) is 2.48. The van der Waals surface area contributed by atoms with Gasteiger partial charge >= 0.3 is 6.18 Å². The number of halogens is 3. The summed E-state index contributed by atoms with van der Waals surface area (Å²) in [5.41, 5.74) is 1.47. The molecule has 0 saturated heterocycles. The highest BCUT2D eigenvalue weighted by Gasteiger charge is 2.30. The summed E-state index contributed by atoms with van der Waals surface area (Å²) in [4.78, 5) is 10.7. The van der Waals surface area contributed by atoms with Gasteiger partial charge in [0.25, 0.3) is 0 Å². The summed E-state index contributed by atoms with van der Waals surface area (Å²) in [6.07, 6.45) is -0.992. The van der Waals surface area contributed by atoms with Gasteiger partial charge in [-0.3, -0.25) is 0 Å². The van der Waals surface area contributed by atoms with Gasteiger partial charge in [-0.15, -0.1) is 0 Å². The fraction of sp³-hybridized carbons (Fsp3) is 0.316. The van der Waals surface area contributed by atoms with E-state index in [4.69, 9.17) is 4.74 Å². The third kappa shape index (κ3) is 3.96. The molecule has 0 amide bonds. The SMILES string of the molecule is O=CCc1ccc(OCC2CC2)c(-c2ccc(C(F)(F)F)cc2)c1. The van der Waals surface area contributed by atoms with Gasteiger partial charge in [-0.05, 0) is 54.2 Å². The first-order chi connectivity index (χ1) is 11.5. The number of benzene rings is 2. The van der Waals surface area contributed by atoms with Gasteiger partial charge in [0.2, 0.25) is 0 Å². The van der Waals surface area contributed by atoms with Crippen LogP contribution in [0.25, 0.3) is 11.1 Å². The highest BCUT2D eigenvalue weighted by molar-refractivity contribution is 5.72. The number of aldehydes is 1. The monoisotopic (exact) mass is 334 g/mol. The van der Waals surface area contributed by atoms with Gasteiger partial charge in [0.15, 0.2) is 0 Å². The second-order valence-electron chi connectivity index (χ2n) is 6.03. The minimum Gasteiger partial charge on any atom is -0.493 e. The van der Waals surface area contributed by atoms with Crippen LogP contribution < -0.4 is 4.74 Å². The third-order valence-corrected chi connectivity index (χ3v) is 4.06. The summed E-state index contributed by atoms with van der Waals surface area (Å²) >= 11 is 0. The predicted molar refractivity (Wildman–Crippen MR) is 84.9 cm³/mol. The molecule has 126 valence electrons. The van der Waals surface area contributed by atoms with Crippen molar-refractivity contribution in [1.82, 2.24) is 0 Å². The first kappa shape index (κ1) is 16.6. The second kappa shape index (κ2) is 6.67. The molecule has 0 N–H and O–H groups in total. The van der Waals surface area contributed by atoms with E-state index in [9.17, 15) is 18.0 Å². The van der Waals surface area contributed by atoms with Gasteiger partial charge in [-0.1, -0.05) is 18.2 Å². The molecule has 2 nitrogen and oxygen atoms in total. The number of carbonyl (C=O) groups excluding carboxylic acids is 1. The van der Waals surface area contributed by atoms with E-state index in [-0.39, 0.29) is 6.42 Å². The van der Waals surface area contributed by atoms with Crippen LogP contribution >= 0.6 is 0 Å². The number of ether oxygens (including phenoxy) is 1. The summed E-state index contributed by atoms with van der Waals surface area (Å²) in [6, 6.07) is 10.4. The van der Waals surface area contributed by atoms with Crippen molar-refractivity contribution in [3.63, 3.8) is 0 Å². The quantitative estimate of drug-likeness (QED) is 0.702. The maximum Gasteiger partial charge on any atom is 0.416 e. The van der Waals surface area contributed by atoms with Crippen molar-refractivity contribution in [2.45, 2.75) is 25.4 Å². The van der Waals surface area contributed by atoms with Crippen LogP contribution in [0.4, 0.5) is 13.2 Å². The van der Waals surface area contributed by atoms with E-state index < -0.39 is 11.7 Å². The van der Waals surface area contributed by atoms with E-state index in [2.05, 4.69) is 0 Å². The van der Waals surface area contributed by atoms with Gasteiger partial charge in [-0.2, -0.15) is 13.2 Å². The molecule has 3 rings (SSSR count). The van der Waals surface area contributed by atoms with Crippen LogP contribution in [0.15, 0.2) is 42.5 Å². The highest BCUT2D eigenvalue weighted by atomic mass is 19.4. The molecule has 0 aliphatic heterocycles. The van der Waals surface area contributed by atoms with Crippen LogP contribution in [0.5, 0.6) is 5.75 Å². The van der Waals surface area contributed by atoms with Gasteiger partial charge in [0.1, 0.15) is 12.0 Å². The van der Waals surface area contributed by atoms with Crippen molar-refractivity contribution in [2.75, 3.05) is 6.61 Å². The summed E-state index contributed by atoms with van der Waals surface area (Å²) < 4.78 is 44.0. The number of hydrogen-bond acceptors (Lipinski definition) is 2. The largest absolute Gasteiger partial charge is 0.493 e. The maximum atomic E-state index is 12.7. The molecular formula is C19H17F3O2. The van der Waals surface area contributed by atoms with Crippen LogP contribution in [0.1, 0.15) is 24.0 Å². The molecule has 2 aromatic rings. The summed E-state index contributed by atoms with van der Waals surface area (Å²) in [7, 11) is 0. The van der Waals surface area contributed by atoms with Crippen molar-refractivity contribution in [1.29, 1.82) is 0 Å². The van der Waals surface area contributed by atoms with E-state index in [0.717, 1.165) is 36.8 Å². The molecule has 5 heteroatoms. The Hall–Kier alpha value is -2.30. The smallest absolute Gasteiger partial charge is 0.416 e. The van der Waals surface area contributed by atoms with Crippen molar-refractivity contribution < 1.29 is 22.7 Å². The van der Waals surface area contributed by atoms with Crippen LogP contribution in [-0.2, 0) is 17.4 Å². The van der Waals surface area contributed by atoms with Crippen molar-refractivity contribution in [2.24, 2.45) is 5.92 Å². The minimum absolute atomic E-state index is 0.260. The Kier molecular flexibility index (Phi) is 4.60. The minimum atomic E-state index is -4.36. The average molecular weight is 334 g/mol. The van der Waals surface area contributed by atoms with Gasteiger partial charge in [0, 0.05) is 12.0 Å². The Morgan fingerprint density at radius 1 is 1.08 bits per heavy atom. The Balaban J connectivity index is 1.92. The normalized spacial score (nSPS) is 14.5. The standard InChI is InChI=1S/C19H17F3O2/c20-19(21,22)16-6-4-15(5-7-16)17-11-13(9-10-23)3-8-18(17)24-12-14-1-2-14/h3-8,10-11,14H,1-2,9,12H2. The zero-order valence-electron chi connectivity index (χ0n) is 13.0. The molecular weight excluding hydrogens is 317 g/mol. The predicted octanol–water partition coefficient (Wildman–Crippen LogP) is 4.90. The van der Waals surface area contributed by atoms with E-state index in [1.165, 1.54) is 12.1 Å². The lowest BCUT2D eigenvalue weighted by Gasteiger charge is -2.14. The lowest BCUT2D eigenvalue weighted by atomic mass is 9.99. The molecule has 1 aliphatic rings. The molecule has 0 atom stereocenters. The van der Waals surface area contributed by atoms with Crippen molar-refractivity contribution in [3.05, 3.63) is 53.6 Å². The van der Waals surface area contributed by atoms with E-state index in [0.29, 0.717) is 29.4 Å². The van der Waals surface area contributed by atoms with Crippen LogP contribution in [0.2, 0.25) is 0 Å². The first-order valence-corrected chi connectivity index (χ1v) is 7.84. The number of hydrogen-bond donors (Lipinski definition) is 0. The number of alkyl halides is 3. The van der Waals surface area contributed by atoms with Crippen molar-refractivity contribution >= 4 is 6.29 Å². The third-order valence-electron chi connectivity index (χ3n) is 4.06. The zero-order chi connectivity index (χ0) is 17.2. The Morgan fingerprint density at radius 3 is 2.38 bits per heavy atom. The maximum absolute atomic E-state index is 12.7. The van der Waals surface area contributed by atoms with Crippen LogP contribution in [0, 0.1) is 5.92 Å². The summed E-state index contributed by atoms with van der Waals surface area (Å²) in [6.45, 7) is 0.612. The van der Waals surface area contributed by atoms with E-state index >= 15 is 0 Å². The molecule has 0 spiro atoms. The van der Waals surface area contributed by atoms with Crippen LogP contribution in [-0.4, -0.2) is 12.9 Å². The van der Waals surface area contributed by atoms with Gasteiger partial charge in [0.05, 0.1) is 12.2 Å². The summed E-state index contributed by atoms with van der Waals surface area (Å²) in [5.74, 6) is 1.21. The molecule has 1 fully saturated rings. The van der Waals surface area contributed by atoms with Crippen molar-refractivity contribution in [3.8, 4) is 16.9 Å².